The molecule has 38 heavy (non-hydrogen) atoms. The third-order valence-corrected chi connectivity index (χ3v) is 6.80. The topological polar surface area (TPSA) is 52.0 Å². The Morgan fingerprint density at radius 1 is 0.474 bits per heavy atom. The van der Waals surface area contributed by atoms with E-state index in [1.54, 1.807) is 48.5 Å². The second-order valence-electron chi connectivity index (χ2n) is 9.47. The van der Waals surface area contributed by atoms with E-state index in [9.17, 15) is 17.6 Å². The van der Waals surface area contributed by atoms with Crippen LogP contribution in [0.5, 0.6) is 0 Å². The van der Waals surface area contributed by atoms with E-state index < -0.39 is 34.1 Å². The molecule has 0 unspecified atom stereocenters. The predicted molar refractivity (Wildman–Crippen MR) is 146 cm³/mol. The van der Waals surface area contributed by atoms with Gasteiger partial charge in [-0.1, -0.05) is 74.0 Å². The molecule has 0 atom stereocenters. The molecule has 4 rings (SSSR count). The van der Waals surface area contributed by atoms with Gasteiger partial charge in [0, 0.05) is 10.9 Å². The molecule has 2 nitrogen and oxygen atoms in total. The number of benzene rings is 4. The zero-order chi connectivity index (χ0) is 27.2. The normalized spacial score (nSPS) is 11.8. The third-order valence-electron chi connectivity index (χ3n) is 6.80. The van der Waals surface area contributed by atoms with Gasteiger partial charge in [-0.15, -0.1) is 0 Å². The van der Waals surface area contributed by atoms with Crippen LogP contribution in [-0.2, 0) is 10.9 Å². The Morgan fingerprint density at radius 2 is 0.737 bits per heavy atom. The van der Waals surface area contributed by atoms with E-state index in [1.165, 1.54) is 48.5 Å². The Kier molecular flexibility index (Phi) is 8.75. The highest BCUT2D eigenvalue weighted by Gasteiger charge is 2.32. The maximum Gasteiger partial charge on any atom is 0.149 e. The van der Waals surface area contributed by atoms with Crippen molar-refractivity contribution in [2.45, 2.75) is 36.4 Å². The van der Waals surface area contributed by atoms with Crippen LogP contribution in [0.15, 0.2) is 97.1 Å². The zero-order valence-electron chi connectivity index (χ0n) is 20.9. The molecule has 4 aromatic rings. The molecule has 2 radical (unpaired) electrons. The molecular weight excluding hydrogens is 486 g/mol. The predicted octanol–water partition coefficient (Wildman–Crippen LogP) is 6.29. The second-order valence-corrected chi connectivity index (χ2v) is 9.47. The smallest absolute Gasteiger partial charge is 0.149 e. The van der Waals surface area contributed by atoms with Crippen molar-refractivity contribution in [3.63, 3.8) is 0 Å². The summed E-state index contributed by atoms with van der Waals surface area (Å²) in [6.07, 6.45) is 2.55. The summed E-state index contributed by atoms with van der Waals surface area (Å²) in [5.41, 5.74) is 13.2. The summed E-state index contributed by atoms with van der Waals surface area (Å²) in [5.74, 6) is -1.70. The van der Waals surface area contributed by atoms with E-state index in [0.29, 0.717) is 47.7 Å². The van der Waals surface area contributed by atoms with E-state index in [-0.39, 0.29) is 0 Å². The summed E-state index contributed by atoms with van der Waals surface area (Å²) >= 11 is 0. The summed E-state index contributed by atoms with van der Waals surface area (Å²) in [4.78, 5) is 0. The lowest BCUT2D eigenvalue weighted by molar-refractivity contribution is 0.611. The number of rotatable bonds is 11. The summed E-state index contributed by atoms with van der Waals surface area (Å²) < 4.78 is 56.1. The molecule has 0 bridgehead atoms. The molecule has 0 aliphatic rings. The lowest BCUT2D eigenvalue weighted by atomic mass is 9.49. The summed E-state index contributed by atoms with van der Waals surface area (Å²) in [6.45, 7) is 0. The lowest BCUT2D eigenvalue weighted by Crippen LogP contribution is -2.44. The highest BCUT2D eigenvalue weighted by atomic mass is 19.1. The highest BCUT2D eigenvalue weighted by molar-refractivity contribution is 6.42. The first-order valence-electron chi connectivity index (χ1n) is 12.5. The van der Waals surface area contributed by atoms with Crippen LogP contribution >= 0.6 is 0 Å². The molecule has 0 saturated heterocycles. The minimum Gasteiger partial charge on any atom is -0.325 e. The fourth-order valence-corrected chi connectivity index (χ4v) is 4.74. The standard InChI is InChI=1S/C30H28B2F4N2/c33-25-11-3-7-21(17-25)29(37,22-8-4-12-26(34)18-22)31-15-1-2-16-32-30(38,23-9-5-13-27(35)19-23)24-10-6-14-28(36)20-24/h3-14,17-20H,1-2,15-16,37-38H2. The molecular formula is C30H28B2F4N2. The van der Waals surface area contributed by atoms with Crippen LogP contribution < -0.4 is 11.5 Å². The zero-order valence-corrected chi connectivity index (χ0v) is 20.9. The fourth-order valence-electron chi connectivity index (χ4n) is 4.74. The van der Waals surface area contributed by atoms with Crippen molar-refractivity contribution in [3.8, 4) is 0 Å². The van der Waals surface area contributed by atoms with Crippen LogP contribution in [0.1, 0.15) is 35.1 Å². The Hall–Kier alpha value is -3.35. The minimum absolute atomic E-state index is 0.425. The fraction of sp³-hybridized carbons (Fsp3) is 0.200. The molecule has 0 fully saturated rings. The van der Waals surface area contributed by atoms with Crippen LogP contribution in [0.25, 0.3) is 0 Å². The SMILES string of the molecule is NC([B]CCCC[B]C(N)(c1cccc(F)c1)c1cccc(F)c1)(c1cccc(F)c1)c1cccc(F)c1. The molecule has 0 saturated carbocycles. The summed E-state index contributed by atoms with van der Waals surface area (Å²) in [5, 5.41) is 0. The van der Waals surface area contributed by atoms with E-state index >= 15 is 0 Å². The van der Waals surface area contributed by atoms with Crippen LogP contribution in [0.4, 0.5) is 17.6 Å². The van der Waals surface area contributed by atoms with E-state index in [4.69, 9.17) is 11.5 Å². The van der Waals surface area contributed by atoms with Crippen molar-refractivity contribution in [2.75, 3.05) is 0 Å². The molecule has 0 heterocycles. The number of hydrogen-bond donors (Lipinski definition) is 2. The van der Waals surface area contributed by atoms with Crippen molar-refractivity contribution in [1.82, 2.24) is 0 Å². The average Bonchev–Trinajstić information content (AvgIpc) is 2.90. The van der Waals surface area contributed by atoms with Gasteiger partial charge in [0.05, 0.1) is 0 Å². The number of halogens is 4. The molecule has 0 spiro atoms. The first kappa shape index (κ1) is 27.7. The first-order valence-corrected chi connectivity index (χ1v) is 12.5. The van der Waals surface area contributed by atoms with Crippen LogP contribution in [-0.4, -0.2) is 14.6 Å². The third kappa shape index (κ3) is 6.37. The quantitative estimate of drug-likeness (QED) is 0.141. The van der Waals surface area contributed by atoms with Crippen LogP contribution in [0.3, 0.4) is 0 Å². The maximum absolute atomic E-state index is 14.0. The van der Waals surface area contributed by atoms with Crippen molar-refractivity contribution >= 4 is 14.6 Å². The van der Waals surface area contributed by atoms with Crippen LogP contribution in [0, 0.1) is 23.3 Å². The number of hydrogen-bond acceptors (Lipinski definition) is 2. The summed E-state index contributed by atoms with van der Waals surface area (Å²) in [6, 6.07) is 24.0. The van der Waals surface area contributed by atoms with E-state index in [1.807, 2.05) is 14.6 Å². The Balaban J connectivity index is 1.45. The molecule has 8 heteroatoms. The van der Waals surface area contributed by atoms with Gasteiger partial charge in [0.2, 0.25) is 0 Å². The maximum atomic E-state index is 14.0. The molecule has 4 N–H and O–H groups in total. The highest BCUT2D eigenvalue weighted by Crippen LogP contribution is 2.31. The first-order chi connectivity index (χ1) is 18.2. The van der Waals surface area contributed by atoms with Crippen LogP contribution in [0.2, 0.25) is 12.6 Å². The monoisotopic (exact) mass is 514 g/mol. The van der Waals surface area contributed by atoms with Gasteiger partial charge in [0.25, 0.3) is 0 Å². The largest absolute Gasteiger partial charge is 0.325 e. The van der Waals surface area contributed by atoms with E-state index in [2.05, 4.69) is 0 Å². The van der Waals surface area contributed by atoms with Gasteiger partial charge in [-0.05, 0) is 70.8 Å². The second kappa shape index (κ2) is 12.0. The number of nitrogens with two attached hydrogens (primary N) is 2. The van der Waals surface area contributed by atoms with Gasteiger partial charge in [0.15, 0.2) is 0 Å². The van der Waals surface area contributed by atoms with E-state index in [0.717, 1.165) is 0 Å². The molecule has 0 amide bonds. The molecule has 0 aliphatic heterocycles. The van der Waals surface area contributed by atoms with Gasteiger partial charge >= 0.3 is 0 Å². The van der Waals surface area contributed by atoms with Gasteiger partial charge in [-0.2, -0.15) is 0 Å². The van der Waals surface area contributed by atoms with Gasteiger partial charge in [0.1, 0.15) is 37.8 Å². The van der Waals surface area contributed by atoms with Crippen molar-refractivity contribution in [2.24, 2.45) is 11.5 Å². The molecule has 0 aromatic heterocycles. The van der Waals surface area contributed by atoms with Gasteiger partial charge in [-0.3, -0.25) is 0 Å². The Bertz CT molecular complexity index is 1190. The molecule has 0 aliphatic carbocycles. The average molecular weight is 514 g/mol. The Labute approximate surface area is 222 Å². The van der Waals surface area contributed by atoms with Crippen molar-refractivity contribution in [3.05, 3.63) is 143 Å². The summed E-state index contributed by atoms with van der Waals surface area (Å²) in [7, 11) is 3.73. The molecule has 192 valence electrons. The minimum atomic E-state index is -1.19. The van der Waals surface area contributed by atoms with Gasteiger partial charge in [-0.25, -0.2) is 17.6 Å². The van der Waals surface area contributed by atoms with Crippen molar-refractivity contribution < 1.29 is 17.6 Å². The lowest BCUT2D eigenvalue weighted by Gasteiger charge is -2.31. The number of unbranched alkanes of at least 4 members (excludes halogenated alkanes) is 1. The Morgan fingerprint density at radius 3 is 0.974 bits per heavy atom. The van der Waals surface area contributed by atoms with Crippen molar-refractivity contribution in [1.29, 1.82) is 0 Å². The molecule has 4 aromatic carbocycles. The van der Waals surface area contributed by atoms with Gasteiger partial charge < -0.3 is 11.5 Å².